The third-order valence-corrected chi connectivity index (χ3v) is 7.71. The minimum absolute atomic E-state index is 0.332. The number of hydrogen-bond donors (Lipinski definition) is 0. The van der Waals surface area contributed by atoms with Crippen molar-refractivity contribution in [1.29, 1.82) is 0 Å². The fourth-order valence-corrected chi connectivity index (χ4v) is 2.85. The molecule has 86 valence electrons. The summed E-state index contributed by atoms with van der Waals surface area (Å²) < 4.78 is 6.25. The van der Waals surface area contributed by atoms with Crippen molar-refractivity contribution in [3.8, 4) is 0 Å². The summed E-state index contributed by atoms with van der Waals surface area (Å²) >= 11 is 0. The van der Waals surface area contributed by atoms with Gasteiger partial charge in [-0.15, -0.1) is 0 Å². The van der Waals surface area contributed by atoms with Crippen LogP contribution < -0.4 is 0 Å². The highest BCUT2D eigenvalue weighted by Gasteiger charge is 2.38. The van der Waals surface area contributed by atoms with Gasteiger partial charge in [-0.1, -0.05) is 34.6 Å². The van der Waals surface area contributed by atoms with Crippen LogP contribution in [0.2, 0.25) is 18.1 Å². The third kappa shape index (κ3) is 4.60. The summed E-state index contributed by atoms with van der Waals surface area (Å²) in [6, 6.07) is 0. The van der Waals surface area contributed by atoms with E-state index in [1.54, 1.807) is 0 Å². The molecule has 0 spiro atoms. The molecule has 0 unspecified atom stereocenters. The first kappa shape index (κ1) is 14.2. The molecule has 0 radical (unpaired) electrons. The molecule has 0 aliphatic rings. The van der Waals surface area contributed by atoms with E-state index in [1.165, 1.54) is 6.42 Å². The summed E-state index contributed by atoms with van der Waals surface area (Å²) in [6.07, 6.45) is 1.59. The zero-order valence-electron chi connectivity index (χ0n) is 11.3. The highest BCUT2D eigenvalue weighted by molar-refractivity contribution is 6.74. The van der Waals surface area contributed by atoms with Gasteiger partial charge in [0, 0.05) is 6.10 Å². The first-order valence-corrected chi connectivity index (χ1v) is 8.65. The molecular weight excluding hydrogens is 188 g/mol. The van der Waals surface area contributed by atoms with E-state index in [-0.39, 0.29) is 0 Å². The normalized spacial score (nSPS) is 16.1. The maximum Gasteiger partial charge on any atom is 0.192 e. The van der Waals surface area contributed by atoms with Gasteiger partial charge in [0.1, 0.15) is 0 Å². The van der Waals surface area contributed by atoms with Gasteiger partial charge in [0.05, 0.1) is 0 Å². The minimum atomic E-state index is -1.53. The van der Waals surface area contributed by atoms with Gasteiger partial charge in [-0.2, -0.15) is 0 Å². The van der Waals surface area contributed by atoms with E-state index >= 15 is 0 Å². The first-order chi connectivity index (χ1) is 6.06. The summed E-state index contributed by atoms with van der Waals surface area (Å²) in [6.45, 7) is 18.2. The lowest BCUT2D eigenvalue weighted by atomic mass is 10.1. The smallest absolute Gasteiger partial charge is 0.192 e. The highest BCUT2D eigenvalue weighted by Crippen LogP contribution is 2.37. The summed E-state index contributed by atoms with van der Waals surface area (Å²) in [5, 5.41) is 0.332. The van der Waals surface area contributed by atoms with Gasteiger partial charge in [0.15, 0.2) is 8.32 Å². The van der Waals surface area contributed by atoms with Crippen LogP contribution in [0.5, 0.6) is 0 Å². The molecule has 0 heterocycles. The molecule has 0 aromatic carbocycles. The van der Waals surface area contributed by atoms with E-state index in [4.69, 9.17) is 4.43 Å². The zero-order chi connectivity index (χ0) is 11.6. The molecule has 0 saturated heterocycles. The molecule has 0 N–H and O–H groups in total. The van der Waals surface area contributed by atoms with Crippen LogP contribution in [0, 0.1) is 5.92 Å². The Hall–Kier alpha value is 0.177. The Balaban J connectivity index is 4.22. The van der Waals surface area contributed by atoms with Crippen LogP contribution in [0.3, 0.4) is 0 Å². The van der Waals surface area contributed by atoms with Gasteiger partial charge in [0.2, 0.25) is 0 Å². The van der Waals surface area contributed by atoms with Gasteiger partial charge in [-0.3, -0.25) is 0 Å². The fraction of sp³-hybridized carbons (Fsp3) is 1.00. The van der Waals surface area contributed by atoms with E-state index in [0.717, 1.165) is 5.92 Å². The van der Waals surface area contributed by atoms with Crippen LogP contribution in [-0.2, 0) is 4.43 Å². The van der Waals surface area contributed by atoms with E-state index < -0.39 is 8.32 Å². The lowest BCUT2D eigenvalue weighted by Gasteiger charge is -2.38. The second-order valence-corrected chi connectivity index (χ2v) is 11.1. The standard InChI is InChI=1S/C12H28OSi/c1-10(2)9-11(3)13-14(7,8)12(4,5)6/h10-11H,9H2,1-8H3/t11-/m1/s1. The second kappa shape index (κ2) is 4.80. The van der Waals surface area contributed by atoms with Crippen molar-refractivity contribution < 1.29 is 4.43 Å². The van der Waals surface area contributed by atoms with Crippen molar-refractivity contribution in [2.45, 2.75) is 72.2 Å². The van der Waals surface area contributed by atoms with Crippen LogP contribution in [0.1, 0.15) is 48.0 Å². The average Bonchev–Trinajstić information content (AvgIpc) is 1.79. The molecule has 14 heavy (non-hydrogen) atoms. The predicted octanol–water partition coefficient (Wildman–Crippen LogP) is 4.44. The second-order valence-electron chi connectivity index (χ2n) is 6.32. The van der Waals surface area contributed by atoms with Gasteiger partial charge < -0.3 is 4.43 Å². The molecule has 2 heteroatoms. The lowest BCUT2D eigenvalue weighted by molar-refractivity contribution is 0.173. The van der Waals surface area contributed by atoms with E-state index in [2.05, 4.69) is 54.6 Å². The largest absolute Gasteiger partial charge is 0.414 e. The molecule has 0 rings (SSSR count). The Kier molecular flexibility index (Phi) is 4.86. The summed E-state index contributed by atoms with van der Waals surface area (Å²) in [4.78, 5) is 0. The maximum atomic E-state index is 6.25. The number of rotatable bonds is 4. The molecule has 1 atom stereocenters. The monoisotopic (exact) mass is 216 g/mol. The van der Waals surface area contributed by atoms with Crippen molar-refractivity contribution in [1.82, 2.24) is 0 Å². The molecule has 1 nitrogen and oxygen atoms in total. The number of hydrogen-bond acceptors (Lipinski definition) is 1. The van der Waals surface area contributed by atoms with Crippen LogP contribution in [0.15, 0.2) is 0 Å². The Morgan fingerprint density at radius 1 is 1.07 bits per heavy atom. The van der Waals surface area contributed by atoms with Gasteiger partial charge in [-0.05, 0) is 37.4 Å². The first-order valence-electron chi connectivity index (χ1n) is 5.74. The van der Waals surface area contributed by atoms with Crippen LogP contribution in [0.25, 0.3) is 0 Å². The quantitative estimate of drug-likeness (QED) is 0.631. The molecule has 0 amide bonds. The summed E-state index contributed by atoms with van der Waals surface area (Å²) in [5.74, 6) is 0.731. The molecule has 0 aromatic heterocycles. The molecule has 0 saturated carbocycles. The van der Waals surface area contributed by atoms with Crippen molar-refractivity contribution >= 4 is 8.32 Å². The molecule has 0 aliphatic carbocycles. The fourth-order valence-electron chi connectivity index (χ4n) is 1.39. The third-order valence-electron chi connectivity index (χ3n) is 3.11. The van der Waals surface area contributed by atoms with Crippen molar-refractivity contribution in [3.63, 3.8) is 0 Å². The molecule has 0 fully saturated rings. The topological polar surface area (TPSA) is 9.23 Å². The lowest BCUT2D eigenvalue weighted by Crippen LogP contribution is -2.43. The Bertz CT molecular complexity index is 168. The molecule has 0 aliphatic heterocycles. The zero-order valence-corrected chi connectivity index (χ0v) is 12.3. The Morgan fingerprint density at radius 2 is 1.50 bits per heavy atom. The molecule has 0 bridgehead atoms. The van der Waals surface area contributed by atoms with Gasteiger partial charge in [0.25, 0.3) is 0 Å². The molecule has 0 aromatic rings. The van der Waals surface area contributed by atoms with E-state index in [9.17, 15) is 0 Å². The summed E-state index contributed by atoms with van der Waals surface area (Å²) in [5.41, 5.74) is 0. The summed E-state index contributed by atoms with van der Waals surface area (Å²) in [7, 11) is -1.53. The van der Waals surface area contributed by atoms with Gasteiger partial charge in [-0.25, -0.2) is 0 Å². The molecular formula is C12H28OSi. The van der Waals surface area contributed by atoms with E-state index in [1.807, 2.05) is 0 Å². The Labute approximate surface area is 91.4 Å². The van der Waals surface area contributed by atoms with E-state index in [0.29, 0.717) is 11.1 Å². The van der Waals surface area contributed by atoms with Crippen LogP contribution >= 0.6 is 0 Å². The van der Waals surface area contributed by atoms with Crippen LogP contribution in [-0.4, -0.2) is 14.4 Å². The average molecular weight is 216 g/mol. The van der Waals surface area contributed by atoms with Crippen LogP contribution in [0.4, 0.5) is 0 Å². The predicted molar refractivity (Wildman–Crippen MR) is 67.2 cm³/mol. The minimum Gasteiger partial charge on any atom is -0.414 e. The maximum absolute atomic E-state index is 6.25. The van der Waals surface area contributed by atoms with Crippen molar-refractivity contribution in [2.75, 3.05) is 0 Å². The van der Waals surface area contributed by atoms with Crippen molar-refractivity contribution in [3.05, 3.63) is 0 Å². The van der Waals surface area contributed by atoms with Gasteiger partial charge >= 0.3 is 0 Å². The highest BCUT2D eigenvalue weighted by atomic mass is 28.4. The Morgan fingerprint density at radius 3 is 1.79 bits per heavy atom. The SMILES string of the molecule is CC(C)C[C@@H](C)O[Si](C)(C)C(C)(C)C. The van der Waals surface area contributed by atoms with Crippen molar-refractivity contribution in [2.24, 2.45) is 5.92 Å².